The molecule has 0 atom stereocenters. The third-order valence-electron chi connectivity index (χ3n) is 2.38. The number of rotatable bonds is 2. The van der Waals surface area contributed by atoms with Crippen molar-refractivity contribution >= 4 is 11.6 Å². The molecule has 16 heavy (non-hydrogen) atoms. The highest BCUT2D eigenvalue weighted by molar-refractivity contribution is 6.33. The molecule has 82 valence electrons. The molecule has 0 aliphatic carbocycles. The van der Waals surface area contributed by atoms with Crippen LogP contribution in [0.5, 0.6) is 5.88 Å². The number of hydrogen-bond donors (Lipinski definition) is 0. The fourth-order valence-corrected chi connectivity index (χ4v) is 1.89. The summed E-state index contributed by atoms with van der Waals surface area (Å²) in [7, 11) is 1.60. The van der Waals surface area contributed by atoms with Gasteiger partial charge >= 0.3 is 0 Å². The summed E-state index contributed by atoms with van der Waals surface area (Å²) in [4.78, 5) is 4.07. The molecule has 1 aromatic heterocycles. The van der Waals surface area contributed by atoms with Crippen LogP contribution in [0.3, 0.4) is 0 Å². The molecule has 2 nitrogen and oxygen atoms in total. The highest BCUT2D eigenvalue weighted by Gasteiger charge is 2.04. The normalized spacial score (nSPS) is 10.2. The van der Waals surface area contributed by atoms with Gasteiger partial charge in [-0.15, -0.1) is 0 Å². The predicted molar refractivity (Wildman–Crippen MR) is 66.0 cm³/mol. The first-order valence-electron chi connectivity index (χ1n) is 4.97. The predicted octanol–water partition coefficient (Wildman–Crippen LogP) is 3.72. The smallest absolute Gasteiger partial charge is 0.213 e. The largest absolute Gasteiger partial charge is 0.481 e. The lowest BCUT2D eigenvalue weighted by atomic mass is 10.1. The molecule has 0 spiro atoms. The lowest BCUT2D eigenvalue weighted by Crippen LogP contribution is -1.88. The van der Waals surface area contributed by atoms with Gasteiger partial charge in [-0.2, -0.15) is 0 Å². The highest BCUT2D eigenvalue weighted by Crippen LogP contribution is 2.29. The standard InChI is InChI=1S/C13H12ClNO/c1-9-3-4-11(12(14)7-9)10-5-6-15-13(8-10)16-2/h3-8H,1-2H3. The molecule has 0 radical (unpaired) electrons. The van der Waals surface area contributed by atoms with E-state index in [-0.39, 0.29) is 0 Å². The quantitative estimate of drug-likeness (QED) is 0.789. The second kappa shape index (κ2) is 4.54. The van der Waals surface area contributed by atoms with Crippen molar-refractivity contribution in [1.29, 1.82) is 0 Å². The maximum Gasteiger partial charge on any atom is 0.213 e. The summed E-state index contributed by atoms with van der Waals surface area (Å²) in [5, 5.41) is 0.744. The van der Waals surface area contributed by atoms with Crippen molar-refractivity contribution in [2.24, 2.45) is 0 Å². The van der Waals surface area contributed by atoms with Crippen LogP contribution in [-0.2, 0) is 0 Å². The minimum absolute atomic E-state index is 0.592. The molecule has 1 aromatic carbocycles. The summed E-state index contributed by atoms with van der Waals surface area (Å²) in [5.41, 5.74) is 3.15. The Morgan fingerprint density at radius 1 is 1.19 bits per heavy atom. The Labute approximate surface area is 99.9 Å². The number of halogens is 1. The molecule has 0 amide bonds. The van der Waals surface area contributed by atoms with Crippen LogP contribution in [-0.4, -0.2) is 12.1 Å². The summed E-state index contributed by atoms with van der Waals surface area (Å²) in [5.74, 6) is 0.592. The number of hydrogen-bond acceptors (Lipinski definition) is 2. The number of methoxy groups -OCH3 is 1. The van der Waals surface area contributed by atoms with Gasteiger partial charge in [0.1, 0.15) is 0 Å². The molecule has 1 heterocycles. The Hall–Kier alpha value is -1.54. The molecule has 0 bridgehead atoms. The SMILES string of the molecule is COc1cc(-c2ccc(C)cc2Cl)ccn1. The lowest BCUT2D eigenvalue weighted by Gasteiger charge is -2.06. The van der Waals surface area contributed by atoms with Gasteiger partial charge in [0.05, 0.1) is 7.11 Å². The number of aryl methyl sites for hydroxylation is 1. The fraction of sp³-hybridized carbons (Fsp3) is 0.154. The maximum absolute atomic E-state index is 6.20. The maximum atomic E-state index is 6.20. The van der Waals surface area contributed by atoms with Crippen molar-refractivity contribution in [3.05, 3.63) is 47.1 Å². The number of aromatic nitrogens is 1. The van der Waals surface area contributed by atoms with Crippen LogP contribution in [0.2, 0.25) is 5.02 Å². The molecule has 2 rings (SSSR count). The van der Waals surface area contributed by atoms with Gasteiger partial charge in [-0.1, -0.05) is 23.7 Å². The van der Waals surface area contributed by atoms with Crippen LogP contribution in [0.1, 0.15) is 5.56 Å². The molecule has 0 aliphatic heterocycles. The molecule has 0 aliphatic rings. The molecular weight excluding hydrogens is 222 g/mol. The van der Waals surface area contributed by atoms with Crippen molar-refractivity contribution in [3.63, 3.8) is 0 Å². The summed E-state index contributed by atoms with van der Waals surface area (Å²) in [6.45, 7) is 2.02. The van der Waals surface area contributed by atoms with Crippen molar-refractivity contribution in [2.75, 3.05) is 7.11 Å². The average molecular weight is 234 g/mol. The monoisotopic (exact) mass is 233 g/mol. The molecule has 0 saturated carbocycles. The second-order valence-electron chi connectivity index (χ2n) is 3.57. The van der Waals surface area contributed by atoms with E-state index in [0.717, 1.165) is 21.7 Å². The summed E-state index contributed by atoms with van der Waals surface area (Å²) in [6.07, 6.45) is 1.71. The van der Waals surface area contributed by atoms with Crippen LogP contribution < -0.4 is 4.74 Å². The second-order valence-corrected chi connectivity index (χ2v) is 3.98. The fourth-order valence-electron chi connectivity index (χ4n) is 1.54. The first kappa shape index (κ1) is 11.0. The Balaban J connectivity index is 2.49. The first-order chi connectivity index (χ1) is 7.70. The van der Waals surface area contributed by atoms with Gasteiger partial charge in [0.25, 0.3) is 0 Å². The van der Waals surface area contributed by atoms with Gasteiger partial charge in [0, 0.05) is 22.8 Å². The number of pyridine rings is 1. The summed E-state index contributed by atoms with van der Waals surface area (Å²) < 4.78 is 5.09. The zero-order valence-electron chi connectivity index (χ0n) is 9.20. The van der Waals surface area contributed by atoms with Gasteiger partial charge in [-0.3, -0.25) is 0 Å². The van der Waals surface area contributed by atoms with Crippen molar-refractivity contribution in [3.8, 4) is 17.0 Å². The van der Waals surface area contributed by atoms with Crippen LogP contribution in [0.15, 0.2) is 36.5 Å². The van der Waals surface area contributed by atoms with Gasteiger partial charge < -0.3 is 4.74 Å². The van der Waals surface area contributed by atoms with Crippen LogP contribution in [0, 0.1) is 6.92 Å². The Kier molecular flexibility index (Phi) is 3.11. The number of ether oxygens (including phenoxy) is 1. The Morgan fingerprint density at radius 2 is 2.00 bits per heavy atom. The van der Waals surface area contributed by atoms with Crippen molar-refractivity contribution in [1.82, 2.24) is 4.98 Å². The average Bonchev–Trinajstić information content (AvgIpc) is 2.29. The molecule has 0 fully saturated rings. The Morgan fingerprint density at radius 3 is 2.69 bits per heavy atom. The van der Waals surface area contributed by atoms with Gasteiger partial charge in [-0.05, 0) is 30.2 Å². The van der Waals surface area contributed by atoms with E-state index in [1.54, 1.807) is 13.3 Å². The van der Waals surface area contributed by atoms with Gasteiger partial charge in [0.15, 0.2) is 0 Å². The summed E-state index contributed by atoms with van der Waals surface area (Å²) >= 11 is 6.20. The van der Waals surface area contributed by atoms with Crippen LogP contribution in [0.25, 0.3) is 11.1 Å². The molecule has 0 N–H and O–H groups in total. The number of nitrogens with zero attached hydrogens (tertiary/aromatic N) is 1. The molecule has 0 saturated heterocycles. The number of benzene rings is 1. The van der Waals surface area contributed by atoms with Crippen molar-refractivity contribution in [2.45, 2.75) is 6.92 Å². The van der Waals surface area contributed by atoms with E-state index in [2.05, 4.69) is 4.98 Å². The third kappa shape index (κ3) is 2.17. The topological polar surface area (TPSA) is 22.1 Å². The minimum atomic E-state index is 0.592. The molecule has 2 aromatic rings. The first-order valence-corrected chi connectivity index (χ1v) is 5.35. The van der Waals surface area contributed by atoms with Gasteiger partial charge in [-0.25, -0.2) is 4.98 Å². The molecular formula is C13H12ClNO. The van der Waals surface area contributed by atoms with Crippen LogP contribution in [0.4, 0.5) is 0 Å². The van der Waals surface area contributed by atoms with E-state index in [0.29, 0.717) is 5.88 Å². The van der Waals surface area contributed by atoms with Crippen molar-refractivity contribution < 1.29 is 4.74 Å². The van der Waals surface area contributed by atoms with E-state index in [1.807, 2.05) is 37.3 Å². The summed E-state index contributed by atoms with van der Waals surface area (Å²) in [6, 6.07) is 9.78. The lowest BCUT2D eigenvalue weighted by molar-refractivity contribution is 0.398. The third-order valence-corrected chi connectivity index (χ3v) is 2.69. The van der Waals surface area contributed by atoms with E-state index in [1.165, 1.54) is 0 Å². The van der Waals surface area contributed by atoms with E-state index in [4.69, 9.17) is 16.3 Å². The van der Waals surface area contributed by atoms with E-state index in [9.17, 15) is 0 Å². The highest BCUT2D eigenvalue weighted by atomic mass is 35.5. The zero-order chi connectivity index (χ0) is 11.5. The van der Waals surface area contributed by atoms with Gasteiger partial charge in [0.2, 0.25) is 5.88 Å². The van der Waals surface area contributed by atoms with E-state index >= 15 is 0 Å². The van der Waals surface area contributed by atoms with Crippen LogP contribution >= 0.6 is 11.6 Å². The Bertz CT molecular complexity index is 511. The zero-order valence-corrected chi connectivity index (χ0v) is 9.95. The van der Waals surface area contributed by atoms with E-state index < -0.39 is 0 Å². The minimum Gasteiger partial charge on any atom is -0.481 e. The molecule has 3 heteroatoms. The molecule has 0 unspecified atom stereocenters.